The summed E-state index contributed by atoms with van der Waals surface area (Å²) in [5, 5.41) is 18.4. The maximum Gasteiger partial charge on any atom is 0.194 e. The predicted octanol–water partition coefficient (Wildman–Crippen LogP) is 4.59. The number of fused-ring (bicyclic) bond motifs is 1. The first kappa shape index (κ1) is 14.5. The molecule has 0 N–H and O–H groups in total. The van der Waals surface area contributed by atoms with Crippen LogP contribution < -0.4 is 0 Å². The summed E-state index contributed by atoms with van der Waals surface area (Å²) in [5.41, 5.74) is 1.96. The van der Waals surface area contributed by atoms with Crippen LogP contribution in [0.3, 0.4) is 0 Å². The van der Waals surface area contributed by atoms with Crippen LogP contribution in [0.25, 0.3) is 11.6 Å². The maximum absolute atomic E-state index is 12.6. The van der Waals surface area contributed by atoms with Gasteiger partial charge in [-0.25, -0.2) is 0 Å². The van der Waals surface area contributed by atoms with Crippen LogP contribution in [-0.4, -0.2) is 5.78 Å². The van der Waals surface area contributed by atoms with Crippen molar-refractivity contribution in [1.29, 1.82) is 10.5 Å². The summed E-state index contributed by atoms with van der Waals surface area (Å²) in [6.45, 7) is 0. The van der Waals surface area contributed by atoms with Crippen LogP contribution in [0.2, 0.25) is 0 Å². The van der Waals surface area contributed by atoms with Crippen molar-refractivity contribution in [2.75, 3.05) is 0 Å². The monoisotopic (exact) mass is 366 g/mol. The Morgan fingerprint density at radius 1 is 1.09 bits per heavy atom. The standard InChI is InChI=1S/C17H7BrN2OS/c18-15-6-5-11(22-15)7-14-16(10(8-19)9-20)12-3-1-2-4-13(12)17(14)21/h1-7H/b14-7-. The molecule has 0 aliphatic heterocycles. The van der Waals surface area contributed by atoms with Gasteiger partial charge in [-0.05, 0) is 39.7 Å². The van der Waals surface area contributed by atoms with Gasteiger partial charge in [0.15, 0.2) is 5.78 Å². The first-order valence-corrected chi connectivity index (χ1v) is 7.92. The van der Waals surface area contributed by atoms with E-state index in [9.17, 15) is 15.3 Å². The van der Waals surface area contributed by atoms with Gasteiger partial charge in [0, 0.05) is 21.6 Å². The Kier molecular flexibility index (Phi) is 3.77. The summed E-state index contributed by atoms with van der Waals surface area (Å²) in [4.78, 5) is 13.5. The van der Waals surface area contributed by atoms with Gasteiger partial charge in [0.1, 0.15) is 17.7 Å². The van der Waals surface area contributed by atoms with Gasteiger partial charge in [-0.2, -0.15) is 10.5 Å². The maximum atomic E-state index is 12.6. The smallest absolute Gasteiger partial charge is 0.194 e. The molecule has 22 heavy (non-hydrogen) atoms. The van der Waals surface area contributed by atoms with Gasteiger partial charge in [-0.3, -0.25) is 4.79 Å². The first-order valence-electron chi connectivity index (χ1n) is 6.31. The van der Waals surface area contributed by atoms with Gasteiger partial charge in [-0.15, -0.1) is 11.3 Å². The first-order chi connectivity index (χ1) is 10.7. The molecule has 3 rings (SSSR count). The second-order valence-electron chi connectivity index (χ2n) is 4.55. The second kappa shape index (κ2) is 5.73. The van der Waals surface area contributed by atoms with Crippen LogP contribution in [0.4, 0.5) is 0 Å². The number of benzene rings is 1. The number of carbonyl (C=O) groups excluding carboxylic acids is 1. The molecule has 1 aliphatic rings. The zero-order valence-electron chi connectivity index (χ0n) is 11.1. The highest BCUT2D eigenvalue weighted by atomic mass is 79.9. The molecule has 0 fully saturated rings. The van der Waals surface area contributed by atoms with Crippen LogP contribution >= 0.6 is 27.3 Å². The number of rotatable bonds is 1. The highest BCUT2D eigenvalue weighted by molar-refractivity contribution is 9.11. The van der Waals surface area contributed by atoms with Gasteiger partial charge < -0.3 is 0 Å². The van der Waals surface area contributed by atoms with E-state index in [4.69, 9.17) is 0 Å². The molecule has 0 amide bonds. The normalized spacial score (nSPS) is 14.6. The van der Waals surface area contributed by atoms with E-state index in [0.717, 1.165) is 8.66 Å². The number of nitrogens with zero attached hydrogens (tertiary/aromatic N) is 2. The fraction of sp³-hybridized carbons (Fsp3) is 0. The Labute approximate surface area is 139 Å². The summed E-state index contributed by atoms with van der Waals surface area (Å²) < 4.78 is 0.952. The highest BCUT2D eigenvalue weighted by Crippen LogP contribution is 2.40. The fourth-order valence-corrected chi connectivity index (χ4v) is 3.76. The Morgan fingerprint density at radius 3 is 2.36 bits per heavy atom. The molecule has 0 saturated heterocycles. The average molecular weight is 367 g/mol. The van der Waals surface area contributed by atoms with E-state index in [0.29, 0.717) is 22.3 Å². The molecule has 1 aromatic heterocycles. The summed E-state index contributed by atoms with van der Waals surface area (Å²) >= 11 is 4.87. The van der Waals surface area contributed by atoms with Crippen molar-refractivity contribution >= 4 is 44.7 Å². The van der Waals surface area contributed by atoms with Gasteiger partial charge >= 0.3 is 0 Å². The van der Waals surface area contributed by atoms with Crippen LogP contribution in [0.15, 0.2) is 51.3 Å². The van der Waals surface area contributed by atoms with Crippen LogP contribution in [0.1, 0.15) is 20.8 Å². The SMILES string of the molecule is N#CC(C#N)=C1/C(=C/c2ccc(Br)s2)C(=O)c2ccccc21. The number of nitriles is 2. The minimum atomic E-state index is -0.155. The lowest BCUT2D eigenvalue weighted by molar-refractivity contribution is 0.104. The van der Waals surface area contributed by atoms with Crippen LogP contribution in [0, 0.1) is 22.7 Å². The Balaban J connectivity index is 2.29. The zero-order valence-corrected chi connectivity index (χ0v) is 13.5. The number of halogens is 1. The molecular formula is C17H7BrN2OS. The number of allylic oxidation sites excluding steroid dienone is 3. The van der Waals surface area contributed by atoms with Crippen molar-refractivity contribution in [3.05, 3.63) is 67.3 Å². The second-order valence-corrected chi connectivity index (χ2v) is 7.04. The number of ketones is 1. The van der Waals surface area contributed by atoms with Crippen LogP contribution in [0.5, 0.6) is 0 Å². The lowest BCUT2D eigenvalue weighted by Gasteiger charge is -2.00. The summed E-state index contributed by atoms with van der Waals surface area (Å²) in [6.07, 6.45) is 1.74. The number of thiophene rings is 1. The van der Waals surface area contributed by atoms with Crippen molar-refractivity contribution in [2.24, 2.45) is 0 Å². The van der Waals surface area contributed by atoms with Crippen molar-refractivity contribution < 1.29 is 4.79 Å². The minimum absolute atomic E-state index is 0.0415. The molecular weight excluding hydrogens is 360 g/mol. The van der Waals surface area contributed by atoms with Gasteiger partial charge in [0.25, 0.3) is 0 Å². The molecule has 1 heterocycles. The minimum Gasteiger partial charge on any atom is -0.289 e. The summed E-state index contributed by atoms with van der Waals surface area (Å²) in [5.74, 6) is -0.155. The molecule has 0 atom stereocenters. The molecule has 1 aliphatic carbocycles. The summed E-state index contributed by atoms with van der Waals surface area (Å²) in [6, 6.07) is 14.6. The van der Waals surface area contributed by atoms with E-state index >= 15 is 0 Å². The quantitative estimate of drug-likeness (QED) is 0.547. The highest BCUT2D eigenvalue weighted by Gasteiger charge is 2.32. The third-order valence-corrected chi connectivity index (χ3v) is 4.88. The molecule has 1 aromatic carbocycles. The molecule has 3 nitrogen and oxygen atoms in total. The number of Topliss-reactive ketones (excluding diaryl/α,β-unsaturated/α-hetero) is 1. The fourth-order valence-electron chi connectivity index (χ4n) is 2.39. The van der Waals surface area contributed by atoms with Crippen molar-refractivity contribution in [3.63, 3.8) is 0 Å². The van der Waals surface area contributed by atoms with Gasteiger partial charge in [0.2, 0.25) is 0 Å². The Hall–Kier alpha value is -2.47. The topological polar surface area (TPSA) is 64.7 Å². The predicted molar refractivity (Wildman–Crippen MR) is 88.9 cm³/mol. The number of carbonyl (C=O) groups is 1. The average Bonchev–Trinajstić information content (AvgIpc) is 3.06. The molecule has 5 heteroatoms. The molecule has 2 aromatic rings. The third kappa shape index (κ3) is 2.31. The van der Waals surface area contributed by atoms with E-state index in [2.05, 4.69) is 15.9 Å². The number of hydrogen-bond acceptors (Lipinski definition) is 4. The molecule has 0 spiro atoms. The molecule has 104 valence electrons. The lowest BCUT2D eigenvalue weighted by Crippen LogP contribution is -1.95. The molecule has 0 radical (unpaired) electrons. The largest absolute Gasteiger partial charge is 0.289 e. The Bertz CT molecular complexity index is 922. The van der Waals surface area contributed by atoms with E-state index in [1.807, 2.05) is 24.3 Å². The zero-order chi connectivity index (χ0) is 15.7. The lowest BCUT2D eigenvalue weighted by atomic mass is 9.99. The van der Waals surface area contributed by atoms with E-state index < -0.39 is 0 Å². The number of hydrogen-bond donors (Lipinski definition) is 0. The van der Waals surface area contributed by atoms with Crippen molar-refractivity contribution in [2.45, 2.75) is 0 Å². The summed E-state index contributed by atoms with van der Waals surface area (Å²) in [7, 11) is 0. The van der Waals surface area contributed by atoms with Crippen molar-refractivity contribution in [3.8, 4) is 12.1 Å². The molecule has 0 bridgehead atoms. The van der Waals surface area contributed by atoms with E-state index in [1.165, 1.54) is 11.3 Å². The third-order valence-electron chi connectivity index (χ3n) is 3.31. The van der Waals surface area contributed by atoms with Gasteiger partial charge in [-0.1, -0.05) is 24.3 Å². The van der Waals surface area contributed by atoms with Gasteiger partial charge in [0.05, 0.1) is 3.79 Å². The molecule has 0 saturated carbocycles. The van der Waals surface area contributed by atoms with Crippen LogP contribution in [-0.2, 0) is 0 Å². The molecule has 0 unspecified atom stereocenters. The van der Waals surface area contributed by atoms with E-state index in [-0.39, 0.29) is 11.4 Å². The Morgan fingerprint density at radius 2 is 1.77 bits per heavy atom. The van der Waals surface area contributed by atoms with E-state index in [1.54, 1.807) is 30.3 Å². The van der Waals surface area contributed by atoms with Crippen molar-refractivity contribution in [1.82, 2.24) is 0 Å².